The van der Waals surface area contributed by atoms with Crippen LogP contribution in [0.4, 0.5) is 0 Å². The highest BCUT2D eigenvalue weighted by atomic mass is 127. The van der Waals surface area contributed by atoms with Crippen molar-refractivity contribution in [2.24, 2.45) is 4.99 Å². The third kappa shape index (κ3) is 7.22. The van der Waals surface area contributed by atoms with Crippen molar-refractivity contribution in [2.45, 2.75) is 19.5 Å². The Kier molecular flexibility index (Phi) is 9.33. The Morgan fingerprint density at radius 2 is 1.75 bits per heavy atom. The molecule has 0 fully saturated rings. The topological polar surface area (TPSA) is 63.5 Å². The van der Waals surface area contributed by atoms with Crippen LogP contribution in [0.3, 0.4) is 0 Å². The Hall–Kier alpha value is -2.55. The molecule has 28 heavy (non-hydrogen) atoms. The van der Waals surface area contributed by atoms with Crippen molar-refractivity contribution in [1.29, 1.82) is 0 Å². The van der Waals surface area contributed by atoms with Gasteiger partial charge in [0.15, 0.2) is 5.96 Å². The van der Waals surface area contributed by atoms with Gasteiger partial charge in [0.05, 0.1) is 0 Å². The Morgan fingerprint density at radius 1 is 1.00 bits per heavy atom. The Labute approximate surface area is 183 Å². The number of aryl methyl sites for hydroxylation is 1. The van der Waals surface area contributed by atoms with Gasteiger partial charge in [0.2, 0.25) is 0 Å². The zero-order valence-electron chi connectivity index (χ0n) is 15.9. The quantitative estimate of drug-likeness (QED) is 0.216. The van der Waals surface area contributed by atoms with Crippen LogP contribution in [0.5, 0.6) is 11.5 Å². The third-order valence-electron chi connectivity index (χ3n) is 4.00. The first kappa shape index (κ1) is 21.7. The first-order valence-electron chi connectivity index (χ1n) is 9.07. The molecule has 0 aliphatic rings. The van der Waals surface area contributed by atoms with Crippen molar-refractivity contribution < 1.29 is 4.74 Å². The van der Waals surface area contributed by atoms with Gasteiger partial charge in [-0.1, -0.05) is 30.3 Å². The van der Waals surface area contributed by atoms with E-state index in [4.69, 9.17) is 4.74 Å². The maximum absolute atomic E-state index is 5.81. The van der Waals surface area contributed by atoms with E-state index in [9.17, 15) is 0 Å². The van der Waals surface area contributed by atoms with Crippen LogP contribution in [0.2, 0.25) is 0 Å². The number of ether oxygens (including phenoxy) is 1. The van der Waals surface area contributed by atoms with Gasteiger partial charge in [-0.3, -0.25) is 9.67 Å². The van der Waals surface area contributed by atoms with Gasteiger partial charge in [-0.2, -0.15) is 5.10 Å². The molecular weight excluding hydrogens is 465 g/mol. The first-order chi connectivity index (χ1) is 13.3. The minimum Gasteiger partial charge on any atom is -0.457 e. The van der Waals surface area contributed by atoms with E-state index in [1.54, 1.807) is 13.2 Å². The number of hydrogen-bond donors (Lipinski definition) is 2. The lowest BCUT2D eigenvalue weighted by molar-refractivity contribution is 0.482. The van der Waals surface area contributed by atoms with Crippen LogP contribution >= 0.6 is 24.0 Å². The number of guanidine groups is 1. The highest BCUT2D eigenvalue weighted by Gasteiger charge is 2.00. The second-order valence-corrected chi connectivity index (χ2v) is 6.03. The highest BCUT2D eigenvalue weighted by molar-refractivity contribution is 14.0. The van der Waals surface area contributed by atoms with Gasteiger partial charge in [0.1, 0.15) is 11.5 Å². The summed E-state index contributed by atoms with van der Waals surface area (Å²) in [6.45, 7) is 2.42. The normalized spacial score (nSPS) is 10.8. The number of halogens is 1. The predicted octanol–water partition coefficient (Wildman–Crippen LogP) is 4.05. The van der Waals surface area contributed by atoms with Crippen LogP contribution in [0, 0.1) is 0 Å². The fourth-order valence-electron chi connectivity index (χ4n) is 2.59. The molecule has 3 aromatic rings. The van der Waals surface area contributed by atoms with Crippen molar-refractivity contribution in [3.05, 3.63) is 78.6 Å². The molecule has 3 rings (SSSR count). The van der Waals surface area contributed by atoms with E-state index in [-0.39, 0.29) is 24.0 Å². The molecule has 0 atom stereocenters. The molecule has 2 N–H and O–H groups in total. The van der Waals surface area contributed by atoms with Gasteiger partial charge in [0.25, 0.3) is 0 Å². The molecular formula is C21H26IN5O. The molecule has 0 bridgehead atoms. The number of aliphatic imine (C=N–C) groups is 1. The van der Waals surface area contributed by atoms with E-state index in [1.165, 1.54) is 0 Å². The second kappa shape index (κ2) is 12.0. The molecule has 0 aliphatic carbocycles. The number of nitrogens with one attached hydrogen (secondary N) is 2. The molecule has 7 heteroatoms. The standard InChI is InChI=1S/C21H25N5O.HI/c1-22-21(23-13-5-15-26-16-6-14-25-26)24-17-18-9-11-20(12-10-18)27-19-7-3-2-4-8-19;/h2-4,6-12,14,16H,5,13,15,17H2,1H3,(H2,22,23,24);1H. The predicted molar refractivity (Wildman–Crippen MR) is 123 cm³/mol. The molecule has 1 heterocycles. The Balaban J connectivity index is 0.00000280. The summed E-state index contributed by atoms with van der Waals surface area (Å²) in [4.78, 5) is 4.26. The van der Waals surface area contributed by atoms with E-state index >= 15 is 0 Å². The summed E-state index contributed by atoms with van der Waals surface area (Å²) >= 11 is 0. The monoisotopic (exact) mass is 491 g/mol. The molecule has 2 aromatic carbocycles. The number of rotatable bonds is 8. The van der Waals surface area contributed by atoms with Gasteiger partial charge in [-0.25, -0.2) is 0 Å². The van der Waals surface area contributed by atoms with Crippen molar-refractivity contribution in [1.82, 2.24) is 20.4 Å². The summed E-state index contributed by atoms with van der Waals surface area (Å²) in [7, 11) is 1.78. The number of hydrogen-bond acceptors (Lipinski definition) is 3. The molecule has 0 aliphatic heterocycles. The molecule has 0 saturated heterocycles. The molecule has 0 unspecified atom stereocenters. The van der Waals surface area contributed by atoms with Gasteiger partial charge in [-0.05, 0) is 42.3 Å². The smallest absolute Gasteiger partial charge is 0.191 e. The van der Waals surface area contributed by atoms with Crippen LogP contribution in [0.1, 0.15) is 12.0 Å². The zero-order chi connectivity index (χ0) is 18.7. The van der Waals surface area contributed by atoms with Crippen molar-refractivity contribution in [3.8, 4) is 11.5 Å². The average molecular weight is 491 g/mol. The number of para-hydroxylation sites is 1. The fraction of sp³-hybridized carbons (Fsp3) is 0.238. The zero-order valence-corrected chi connectivity index (χ0v) is 18.2. The van der Waals surface area contributed by atoms with Crippen LogP contribution in [-0.4, -0.2) is 29.3 Å². The molecule has 0 saturated carbocycles. The lowest BCUT2D eigenvalue weighted by atomic mass is 10.2. The molecule has 6 nitrogen and oxygen atoms in total. The third-order valence-corrected chi connectivity index (χ3v) is 4.00. The van der Waals surface area contributed by atoms with E-state index in [0.29, 0.717) is 6.54 Å². The maximum Gasteiger partial charge on any atom is 0.191 e. The summed E-state index contributed by atoms with van der Waals surface area (Å²) < 4.78 is 7.74. The van der Waals surface area contributed by atoms with Crippen LogP contribution in [0.25, 0.3) is 0 Å². The van der Waals surface area contributed by atoms with Gasteiger partial charge < -0.3 is 15.4 Å². The number of aromatic nitrogens is 2. The largest absolute Gasteiger partial charge is 0.457 e. The lowest BCUT2D eigenvalue weighted by Gasteiger charge is -2.12. The summed E-state index contributed by atoms with van der Waals surface area (Å²) in [5.74, 6) is 2.45. The first-order valence-corrected chi connectivity index (χ1v) is 9.07. The molecule has 148 valence electrons. The van der Waals surface area contributed by atoms with Gasteiger partial charge in [-0.15, -0.1) is 24.0 Å². The van der Waals surface area contributed by atoms with Crippen LogP contribution < -0.4 is 15.4 Å². The van der Waals surface area contributed by atoms with Gasteiger partial charge in [0, 0.05) is 39.1 Å². The fourth-order valence-corrected chi connectivity index (χ4v) is 2.59. The summed E-state index contributed by atoms with van der Waals surface area (Å²) in [6, 6.07) is 19.8. The maximum atomic E-state index is 5.81. The van der Waals surface area contributed by atoms with Crippen LogP contribution in [-0.2, 0) is 13.1 Å². The minimum absolute atomic E-state index is 0. The number of benzene rings is 2. The SMILES string of the molecule is CN=C(NCCCn1cccn1)NCc1ccc(Oc2ccccc2)cc1.I. The van der Waals surface area contributed by atoms with Crippen molar-refractivity contribution in [3.63, 3.8) is 0 Å². The summed E-state index contributed by atoms with van der Waals surface area (Å²) in [6.07, 6.45) is 4.75. The summed E-state index contributed by atoms with van der Waals surface area (Å²) in [5.41, 5.74) is 1.16. The van der Waals surface area contributed by atoms with Crippen molar-refractivity contribution in [2.75, 3.05) is 13.6 Å². The highest BCUT2D eigenvalue weighted by Crippen LogP contribution is 2.20. The Morgan fingerprint density at radius 3 is 2.43 bits per heavy atom. The minimum atomic E-state index is 0. The summed E-state index contributed by atoms with van der Waals surface area (Å²) in [5, 5.41) is 10.8. The van der Waals surface area contributed by atoms with E-state index in [1.807, 2.05) is 59.4 Å². The molecule has 0 spiro atoms. The van der Waals surface area contributed by atoms with Gasteiger partial charge >= 0.3 is 0 Å². The second-order valence-electron chi connectivity index (χ2n) is 6.03. The van der Waals surface area contributed by atoms with Crippen molar-refractivity contribution >= 4 is 29.9 Å². The van der Waals surface area contributed by atoms with Crippen LogP contribution in [0.15, 0.2) is 78.0 Å². The number of nitrogens with zero attached hydrogens (tertiary/aromatic N) is 3. The van der Waals surface area contributed by atoms with E-state index in [0.717, 1.165) is 42.5 Å². The Bertz CT molecular complexity index is 820. The molecule has 0 amide bonds. The lowest BCUT2D eigenvalue weighted by Crippen LogP contribution is -2.37. The molecule has 1 aromatic heterocycles. The average Bonchev–Trinajstić information content (AvgIpc) is 3.23. The molecule has 0 radical (unpaired) electrons. The van der Waals surface area contributed by atoms with E-state index in [2.05, 4.69) is 32.9 Å². The van der Waals surface area contributed by atoms with E-state index < -0.39 is 0 Å².